The molecule has 96 heavy (non-hydrogen) atoms. The summed E-state index contributed by atoms with van der Waals surface area (Å²) in [7, 11) is 5.56. The molecule has 33 atom stereocenters. The van der Waals surface area contributed by atoms with Gasteiger partial charge in [0.1, 0.15) is 0 Å². The first-order valence-electron chi connectivity index (χ1n) is 35.2. The quantitative estimate of drug-likeness (QED) is 0.0432. The van der Waals surface area contributed by atoms with Crippen molar-refractivity contribution < 1.29 is 123 Å². The number of hydrogen-bond donors (Lipinski definition) is 12. The van der Waals surface area contributed by atoms with Gasteiger partial charge >= 0.3 is 23.9 Å². The number of ether oxygens (including phenoxy) is 9. The van der Waals surface area contributed by atoms with Crippen molar-refractivity contribution >= 4 is 23.9 Å². The number of methoxy groups -OCH3 is 4. The first kappa shape index (κ1) is 74.1. The summed E-state index contributed by atoms with van der Waals surface area (Å²) in [5.41, 5.74) is -2.61. The fourth-order valence-electron chi connectivity index (χ4n) is 23.9. The standard InChI is InChI=1S/2C14H22O5.C14H22O4.C13H18O5.2C8H14O3/c1-13(5-15)9-7(4-8(16)18-3)10-12(11(9)17)19-6-14(10,13)2;1-13(5-15)9-7(4-8(17)18-3)10(12-11(9)19-12)14(13,2)6-16;1-13(7-15)10-4-5-11(14(13,2)8-16)9(10)6-12(17)18-3;1-12-7-5(3-6(14)17-2)8-10(9(7)15)18-4-13(8,12)11(12)16;9-3-5-1-7(10)8-2-6(5)4-11-8;9-3-5-1-7-8(11-7)2-6(5)4-10/h7,9-12,15,17H,4-6H2,1-3H3;7,9-12,15-16H,4-6H2,1-3H3;4-5,9-11,15-16H,6-8H2,1-3H3;5,7-11,15-16H,3-4H2,1-2H3;2*5-10H,1-4H2. The van der Waals surface area contributed by atoms with Crippen molar-refractivity contribution in [3.63, 3.8) is 0 Å². The molecule has 0 aromatic heterocycles. The Morgan fingerprint density at radius 2 is 0.844 bits per heavy atom. The van der Waals surface area contributed by atoms with Crippen LogP contribution in [0.3, 0.4) is 0 Å². The smallest absolute Gasteiger partial charge is 0.305 e. The molecule has 10 saturated carbocycles. The monoisotopic (exact) mass is 1360 g/mol. The zero-order chi connectivity index (χ0) is 70.1. The third kappa shape index (κ3) is 10.7. The Labute approximate surface area is 563 Å². The van der Waals surface area contributed by atoms with Crippen molar-refractivity contribution in [1.29, 1.82) is 0 Å². The van der Waals surface area contributed by atoms with Crippen LogP contribution in [0.4, 0.5) is 0 Å². The number of fused-ring (bicyclic) bond motifs is 13. The Balaban J connectivity index is 0.000000118. The summed E-state index contributed by atoms with van der Waals surface area (Å²) in [6.45, 7) is 16.6. The second-order valence-electron chi connectivity index (χ2n) is 33.2. The average Bonchev–Trinajstić information content (AvgIpc) is 1.43. The Hall–Kier alpha value is -3.06. The Kier molecular flexibility index (Phi) is 20.8. The first-order chi connectivity index (χ1) is 45.4. The van der Waals surface area contributed by atoms with Gasteiger partial charge < -0.3 is 104 Å². The van der Waals surface area contributed by atoms with Crippen LogP contribution < -0.4 is 0 Å². The fourth-order valence-corrected chi connectivity index (χ4v) is 23.9. The van der Waals surface area contributed by atoms with Gasteiger partial charge in [-0.15, -0.1) is 0 Å². The Bertz CT molecular complexity index is 2780. The molecule has 0 aromatic rings. The molecule has 10 bridgehead atoms. The van der Waals surface area contributed by atoms with Crippen LogP contribution in [0.25, 0.3) is 0 Å². The zero-order valence-corrected chi connectivity index (χ0v) is 57.9. The van der Waals surface area contributed by atoms with Crippen molar-refractivity contribution in [3.8, 4) is 0 Å². The summed E-state index contributed by atoms with van der Waals surface area (Å²) >= 11 is 0. The molecule has 12 N–H and O–H groups in total. The lowest BCUT2D eigenvalue weighted by molar-refractivity contribution is -0.143. The normalized spacial score (nSPS) is 53.1. The molecule has 25 nitrogen and oxygen atoms in total. The highest BCUT2D eigenvalue weighted by molar-refractivity contribution is 5.71. The van der Waals surface area contributed by atoms with Gasteiger partial charge in [0.2, 0.25) is 0 Å². The second kappa shape index (κ2) is 27.0. The molecule has 5 saturated heterocycles. The molecule has 0 amide bonds. The van der Waals surface area contributed by atoms with Crippen LogP contribution in [0.5, 0.6) is 0 Å². The van der Waals surface area contributed by atoms with Crippen LogP contribution in [-0.2, 0) is 61.8 Å². The highest BCUT2D eigenvalue weighted by Crippen LogP contribution is 2.86. The van der Waals surface area contributed by atoms with Gasteiger partial charge in [0.05, 0.1) is 115 Å². The summed E-state index contributed by atoms with van der Waals surface area (Å²) in [5, 5.41) is 117. The van der Waals surface area contributed by atoms with Crippen molar-refractivity contribution in [2.45, 2.75) is 167 Å². The van der Waals surface area contributed by atoms with Crippen LogP contribution in [-0.4, -0.2) is 253 Å². The molecule has 5 heterocycles. The third-order valence-electron chi connectivity index (χ3n) is 30.3. The number of esters is 4. The van der Waals surface area contributed by atoms with Crippen molar-refractivity contribution in [3.05, 3.63) is 12.2 Å². The molecular formula is C71H112O25. The highest BCUT2D eigenvalue weighted by Gasteiger charge is 2.93. The molecule has 15 fully saturated rings. The van der Waals surface area contributed by atoms with E-state index in [9.17, 15) is 65.1 Å². The van der Waals surface area contributed by atoms with E-state index in [-0.39, 0.29) is 229 Å². The predicted octanol–water partition coefficient (Wildman–Crippen LogP) is 0.440. The minimum Gasteiger partial charge on any atom is -0.469 e. The van der Waals surface area contributed by atoms with Crippen molar-refractivity contribution in [1.82, 2.24) is 0 Å². The van der Waals surface area contributed by atoms with Crippen LogP contribution >= 0.6 is 0 Å². The molecule has 0 radical (unpaired) electrons. The van der Waals surface area contributed by atoms with Gasteiger partial charge in [-0.2, -0.15) is 0 Å². The number of aliphatic hydroxyl groups is 12. The molecule has 1 spiro atoms. The summed E-state index contributed by atoms with van der Waals surface area (Å²) < 4.78 is 46.9. The number of aliphatic hydroxyl groups excluding tert-OH is 12. The number of allylic oxidation sites excluding steroid dienone is 2. The van der Waals surface area contributed by atoms with Crippen LogP contribution in [0, 0.1) is 138 Å². The third-order valence-corrected chi connectivity index (χ3v) is 30.3. The minimum absolute atomic E-state index is 0.00940. The van der Waals surface area contributed by atoms with Gasteiger partial charge in [0, 0.05) is 128 Å². The summed E-state index contributed by atoms with van der Waals surface area (Å²) in [5.74, 6) is 1.39. The molecule has 16 aliphatic rings. The summed E-state index contributed by atoms with van der Waals surface area (Å²) in [6.07, 6.45) is 7.92. The molecule has 5 aliphatic heterocycles. The maximum atomic E-state index is 11.6. The van der Waals surface area contributed by atoms with Crippen molar-refractivity contribution in [2.24, 2.45) is 138 Å². The fraction of sp³-hybridized carbons (Fsp3) is 0.915. The molecule has 11 aliphatic carbocycles. The number of hydrogen-bond acceptors (Lipinski definition) is 25. The van der Waals surface area contributed by atoms with E-state index in [0.717, 1.165) is 25.9 Å². The maximum Gasteiger partial charge on any atom is 0.305 e. The second-order valence-corrected chi connectivity index (χ2v) is 33.2. The Morgan fingerprint density at radius 3 is 1.29 bits per heavy atom. The van der Waals surface area contributed by atoms with Crippen molar-refractivity contribution in [2.75, 3.05) is 101 Å². The number of carbonyl (C=O) groups excluding carboxylic acids is 4. The molecule has 25 heteroatoms. The lowest BCUT2D eigenvalue weighted by Gasteiger charge is -2.46. The molecule has 0 aromatic carbocycles. The minimum atomic E-state index is -0.590. The largest absolute Gasteiger partial charge is 0.469 e. The SMILES string of the molecule is COC(=O)CC1C2C(O)C3OCC(C)(C13)C2(C)CO.COC(=O)CC1C2C(O)C3OCC4(C13)C(O)C24C.COC(=O)CC1C2C3OC3C1C(C)(CO)C2(C)CO.COC(=O)CC1C2C=CC1C(C)(CO)C2(C)CO.OCC1CC(O)C2CC1CO2.OCC1CC2OC2CC1CO. The number of carbonyl (C=O) groups is 4. The zero-order valence-electron chi connectivity index (χ0n) is 57.9. The van der Waals surface area contributed by atoms with Gasteiger partial charge in [-0.1, -0.05) is 60.6 Å². The first-order valence-corrected chi connectivity index (χ1v) is 35.2. The van der Waals surface area contributed by atoms with Gasteiger partial charge in [-0.05, 0) is 114 Å². The molecule has 16 rings (SSSR count). The number of epoxide rings is 2. The lowest BCUT2D eigenvalue weighted by atomic mass is 9.58. The van der Waals surface area contributed by atoms with E-state index in [4.69, 9.17) is 58.0 Å². The van der Waals surface area contributed by atoms with Crippen LogP contribution in [0.1, 0.15) is 99.8 Å². The van der Waals surface area contributed by atoms with E-state index >= 15 is 0 Å². The molecular weight excluding hydrogens is 1250 g/mol. The van der Waals surface area contributed by atoms with E-state index in [1.165, 1.54) is 28.4 Å². The van der Waals surface area contributed by atoms with Crippen LogP contribution in [0.2, 0.25) is 0 Å². The summed E-state index contributed by atoms with van der Waals surface area (Å²) in [6, 6.07) is 0. The number of rotatable bonds is 16. The van der Waals surface area contributed by atoms with E-state index < -0.39 is 34.6 Å². The maximum absolute atomic E-state index is 11.6. The highest BCUT2D eigenvalue weighted by atomic mass is 16.6. The van der Waals surface area contributed by atoms with Gasteiger partial charge in [0.15, 0.2) is 0 Å². The molecule has 33 unspecified atom stereocenters. The van der Waals surface area contributed by atoms with Gasteiger partial charge in [0.25, 0.3) is 0 Å². The van der Waals surface area contributed by atoms with E-state index in [0.29, 0.717) is 63.4 Å². The topological polar surface area (TPSA) is 401 Å². The Morgan fingerprint density at radius 1 is 0.427 bits per heavy atom. The predicted molar refractivity (Wildman–Crippen MR) is 336 cm³/mol. The summed E-state index contributed by atoms with van der Waals surface area (Å²) in [4.78, 5) is 46.3. The average molecular weight is 1370 g/mol. The molecule has 546 valence electrons. The van der Waals surface area contributed by atoms with Gasteiger partial charge in [-0.3, -0.25) is 19.2 Å². The van der Waals surface area contributed by atoms with E-state index in [1.54, 1.807) is 0 Å². The lowest BCUT2D eigenvalue weighted by Crippen LogP contribution is -2.51. The van der Waals surface area contributed by atoms with E-state index in [1.807, 2.05) is 41.5 Å². The van der Waals surface area contributed by atoms with Gasteiger partial charge in [-0.25, -0.2) is 0 Å². The van der Waals surface area contributed by atoms with E-state index in [2.05, 4.69) is 19.1 Å². The van der Waals surface area contributed by atoms with Crippen LogP contribution in [0.15, 0.2) is 12.2 Å².